The predicted octanol–water partition coefficient (Wildman–Crippen LogP) is 3.73. The van der Waals surface area contributed by atoms with Gasteiger partial charge < -0.3 is 10.5 Å². The van der Waals surface area contributed by atoms with Crippen molar-refractivity contribution in [3.05, 3.63) is 29.6 Å². The van der Waals surface area contributed by atoms with E-state index in [0.29, 0.717) is 5.75 Å². The lowest BCUT2D eigenvalue weighted by Crippen LogP contribution is -2.37. The summed E-state index contributed by atoms with van der Waals surface area (Å²) in [6.45, 7) is 0. The van der Waals surface area contributed by atoms with E-state index in [1.54, 1.807) is 13.2 Å². The first-order valence-electron chi connectivity index (χ1n) is 6.78. The maximum atomic E-state index is 13.6. The minimum Gasteiger partial charge on any atom is -0.497 e. The fourth-order valence-electron chi connectivity index (χ4n) is 2.79. The molecule has 1 fully saturated rings. The molecule has 0 atom stereocenters. The number of methoxy groups -OCH3 is 1. The highest BCUT2D eigenvalue weighted by Crippen LogP contribution is 2.34. The van der Waals surface area contributed by atoms with E-state index >= 15 is 0 Å². The van der Waals surface area contributed by atoms with Crippen molar-refractivity contribution in [2.24, 2.45) is 5.73 Å². The molecular weight excluding hydrogens is 229 g/mol. The summed E-state index contributed by atoms with van der Waals surface area (Å²) in [7, 11) is 1.56. The Morgan fingerprint density at radius 1 is 1.06 bits per heavy atom. The molecule has 0 saturated heterocycles. The number of benzene rings is 1. The van der Waals surface area contributed by atoms with Crippen molar-refractivity contribution in [3.63, 3.8) is 0 Å². The van der Waals surface area contributed by atoms with Crippen LogP contribution in [-0.4, -0.2) is 7.11 Å². The van der Waals surface area contributed by atoms with Gasteiger partial charge >= 0.3 is 0 Å². The highest BCUT2D eigenvalue weighted by atomic mass is 19.1. The molecular formula is C15H22FNO. The standard InChI is InChI=1S/C15H22FNO/c1-18-14-10-12(9-13(16)11-14)15(17)7-5-3-2-4-6-8-15/h9-11H,2-8,17H2,1H3. The molecule has 1 aliphatic carbocycles. The first kappa shape index (κ1) is 13.3. The quantitative estimate of drug-likeness (QED) is 0.869. The number of hydrogen-bond donors (Lipinski definition) is 1. The molecule has 0 aromatic heterocycles. The molecule has 0 radical (unpaired) electrons. The van der Waals surface area contributed by atoms with E-state index in [0.717, 1.165) is 31.2 Å². The molecule has 1 aliphatic rings. The minimum absolute atomic E-state index is 0.267. The Morgan fingerprint density at radius 2 is 1.67 bits per heavy atom. The average molecular weight is 251 g/mol. The SMILES string of the molecule is COc1cc(F)cc(C2(N)CCCCCCC2)c1. The zero-order valence-electron chi connectivity index (χ0n) is 11.0. The van der Waals surface area contributed by atoms with Crippen molar-refractivity contribution in [1.29, 1.82) is 0 Å². The minimum atomic E-state index is -0.393. The molecule has 0 amide bonds. The van der Waals surface area contributed by atoms with Crippen LogP contribution in [0.3, 0.4) is 0 Å². The van der Waals surface area contributed by atoms with Crippen molar-refractivity contribution in [3.8, 4) is 5.75 Å². The smallest absolute Gasteiger partial charge is 0.127 e. The molecule has 0 aliphatic heterocycles. The van der Waals surface area contributed by atoms with Gasteiger partial charge in [-0.1, -0.05) is 32.1 Å². The highest BCUT2D eigenvalue weighted by Gasteiger charge is 2.28. The summed E-state index contributed by atoms with van der Waals surface area (Å²) in [5.74, 6) is 0.285. The van der Waals surface area contributed by atoms with Crippen LogP contribution in [0.2, 0.25) is 0 Å². The summed E-state index contributed by atoms with van der Waals surface area (Å²) >= 11 is 0. The van der Waals surface area contributed by atoms with Crippen molar-refractivity contribution in [1.82, 2.24) is 0 Å². The van der Waals surface area contributed by atoms with Gasteiger partial charge in [-0.3, -0.25) is 0 Å². The molecule has 2 nitrogen and oxygen atoms in total. The second kappa shape index (κ2) is 5.70. The summed E-state index contributed by atoms with van der Waals surface area (Å²) in [5.41, 5.74) is 7.00. The number of halogens is 1. The Morgan fingerprint density at radius 3 is 2.28 bits per heavy atom. The van der Waals surface area contributed by atoms with Crippen LogP contribution in [0.15, 0.2) is 18.2 Å². The Hall–Kier alpha value is -1.09. The summed E-state index contributed by atoms with van der Waals surface area (Å²) in [6, 6.07) is 4.84. The Bertz CT molecular complexity index is 397. The Kier molecular flexibility index (Phi) is 4.23. The average Bonchev–Trinajstić information content (AvgIpc) is 2.33. The predicted molar refractivity (Wildman–Crippen MR) is 71.1 cm³/mol. The van der Waals surface area contributed by atoms with E-state index in [-0.39, 0.29) is 5.82 Å². The number of ether oxygens (including phenoxy) is 1. The van der Waals surface area contributed by atoms with Gasteiger partial charge in [0.1, 0.15) is 11.6 Å². The monoisotopic (exact) mass is 251 g/mol. The molecule has 100 valence electrons. The lowest BCUT2D eigenvalue weighted by Gasteiger charge is -2.32. The van der Waals surface area contributed by atoms with Crippen molar-refractivity contribution >= 4 is 0 Å². The summed E-state index contributed by atoms with van der Waals surface area (Å²) in [4.78, 5) is 0. The van der Waals surface area contributed by atoms with E-state index in [1.165, 1.54) is 25.3 Å². The molecule has 0 heterocycles. The summed E-state index contributed by atoms with van der Waals surface area (Å²) in [6.07, 6.45) is 7.85. The third kappa shape index (κ3) is 3.02. The molecule has 0 bridgehead atoms. The van der Waals surface area contributed by atoms with Gasteiger partial charge in [-0.05, 0) is 30.5 Å². The first-order valence-corrected chi connectivity index (χ1v) is 6.78. The Labute approximate surface area is 108 Å². The topological polar surface area (TPSA) is 35.2 Å². The summed E-state index contributed by atoms with van der Waals surface area (Å²) in [5, 5.41) is 0. The second-order valence-electron chi connectivity index (χ2n) is 5.30. The van der Waals surface area contributed by atoms with Gasteiger partial charge in [-0.25, -0.2) is 4.39 Å². The van der Waals surface area contributed by atoms with Crippen LogP contribution >= 0.6 is 0 Å². The largest absolute Gasteiger partial charge is 0.497 e. The van der Waals surface area contributed by atoms with Gasteiger partial charge in [-0.2, -0.15) is 0 Å². The maximum Gasteiger partial charge on any atom is 0.127 e. The van der Waals surface area contributed by atoms with E-state index in [9.17, 15) is 4.39 Å². The molecule has 1 aromatic carbocycles. The van der Waals surface area contributed by atoms with Crippen LogP contribution in [0.5, 0.6) is 5.75 Å². The molecule has 0 unspecified atom stereocenters. The zero-order chi connectivity index (χ0) is 13.0. The number of hydrogen-bond acceptors (Lipinski definition) is 2. The van der Waals surface area contributed by atoms with Gasteiger partial charge in [0.25, 0.3) is 0 Å². The number of rotatable bonds is 2. The van der Waals surface area contributed by atoms with Gasteiger partial charge in [0.15, 0.2) is 0 Å². The lowest BCUT2D eigenvalue weighted by atomic mass is 9.79. The molecule has 3 heteroatoms. The Balaban J connectivity index is 2.28. The van der Waals surface area contributed by atoms with Gasteiger partial charge in [0, 0.05) is 11.6 Å². The van der Waals surface area contributed by atoms with Gasteiger partial charge in [-0.15, -0.1) is 0 Å². The van der Waals surface area contributed by atoms with Crippen LogP contribution in [0, 0.1) is 5.82 Å². The maximum absolute atomic E-state index is 13.6. The van der Waals surface area contributed by atoms with Crippen LogP contribution in [-0.2, 0) is 5.54 Å². The molecule has 2 N–H and O–H groups in total. The molecule has 1 aromatic rings. The molecule has 18 heavy (non-hydrogen) atoms. The van der Waals surface area contributed by atoms with Crippen LogP contribution in [0.25, 0.3) is 0 Å². The van der Waals surface area contributed by atoms with Crippen molar-refractivity contribution < 1.29 is 9.13 Å². The number of nitrogens with two attached hydrogens (primary N) is 1. The lowest BCUT2D eigenvalue weighted by molar-refractivity contribution is 0.320. The third-order valence-electron chi connectivity index (χ3n) is 3.93. The second-order valence-corrected chi connectivity index (χ2v) is 5.30. The third-order valence-corrected chi connectivity index (χ3v) is 3.93. The zero-order valence-corrected chi connectivity index (χ0v) is 11.0. The van der Waals surface area contributed by atoms with E-state index in [1.807, 2.05) is 6.07 Å². The first-order chi connectivity index (χ1) is 8.64. The van der Waals surface area contributed by atoms with E-state index in [4.69, 9.17) is 10.5 Å². The van der Waals surface area contributed by atoms with Crippen LogP contribution < -0.4 is 10.5 Å². The fourth-order valence-corrected chi connectivity index (χ4v) is 2.79. The van der Waals surface area contributed by atoms with Crippen LogP contribution in [0.4, 0.5) is 4.39 Å². The van der Waals surface area contributed by atoms with E-state index in [2.05, 4.69) is 0 Å². The van der Waals surface area contributed by atoms with Gasteiger partial charge in [0.05, 0.1) is 7.11 Å². The molecule has 0 spiro atoms. The van der Waals surface area contributed by atoms with Crippen molar-refractivity contribution in [2.75, 3.05) is 7.11 Å². The fraction of sp³-hybridized carbons (Fsp3) is 0.600. The van der Waals surface area contributed by atoms with Gasteiger partial charge in [0.2, 0.25) is 0 Å². The summed E-state index contributed by atoms with van der Waals surface area (Å²) < 4.78 is 18.7. The molecule has 1 saturated carbocycles. The van der Waals surface area contributed by atoms with Crippen LogP contribution in [0.1, 0.15) is 50.5 Å². The normalized spacial score (nSPS) is 19.9. The molecule has 2 rings (SSSR count). The van der Waals surface area contributed by atoms with Crippen molar-refractivity contribution in [2.45, 2.75) is 50.5 Å². The van der Waals surface area contributed by atoms with E-state index < -0.39 is 5.54 Å². The highest BCUT2D eigenvalue weighted by molar-refractivity contribution is 5.34.